The molecule has 0 radical (unpaired) electrons. The number of ether oxygens (including phenoxy) is 2. The Morgan fingerprint density at radius 3 is 1.94 bits per heavy atom. The van der Waals surface area contributed by atoms with Crippen molar-refractivity contribution < 1.29 is 19.4 Å². The van der Waals surface area contributed by atoms with E-state index in [0.717, 1.165) is 49.6 Å². The summed E-state index contributed by atoms with van der Waals surface area (Å²) < 4.78 is 10.5. The molecule has 0 heterocycles. The number of anilines is 1. The van der Waals surface area contributed by atoms with Crippen LogP contribution in [0.5, 0.6) is 11.5 Å². The van der Waals surface area contributed by atoms with Gasteiger partial charge < -0.3 is 25.2 Å². The Morgan fingerprint density at radius 2 is 1.42 bits per heavy atom. The molecule has 0 bridgehead atoms. The van der Waals surface area contributed by atoms with E-state index in [4.69, 9.17) is 9.47 Å². The monoisotopic (exact) mass is 523 g/mol. The number of rotatable bonds is 11. The Bertz CT molecular complexity index is 1230. The molecule has 3 aromatic carbocycles. The SMILES string of the molecule is COc1ccc(Sc2ccc(Sc3ccc(OC)cc3)c(NC(NC3CC3)=C(C)NC(=O)O)c2)cc1. The molecular formula is C27H29N3O4S2. The number of carboxylic acid groups (broad SMARTS) is 1. The summed E-state index contributed by atoms with van der Waals surface area (Å²) in [5.74, 6) is 2.27. The summed E-state index contributed by atoms with van der Waals surface area (Å²) in [5, 5.41) is 18.6. The predicted molar refractivity (Wildman–Crippen MR) is 144 cm³/mol. The third-order valence-electron chi connectivity index (χ3n) is 5.39. The van der Waals surface area contributed by atoms with E-state index in [0.29, 0.717) is 17.6 Å². The minimum Gasteiger partial charge on any atom is -0.497 e. The molecule has 4 rings (SSSR count). The van der Waals surface area contributed by atoms with Gasteiger partial charge in [0, 0.05) is 25.6 Å². The fraction of sp³-hybridized carbons (Fsp3) is 0.222. The second-order valence-corrected chi connectivity index (χ2v) is 10.4. The van der Waals surface area contributed by atoms with Gasteiger partial charge in [-0.05, 0) is 86.5 Å². The first kappa shape index (κ1) is 25.7. The van der Waals surface area contributed by atoms with Crippen LogP contribution in [0.25, 0.3) is 0 Å². The Kier molecular flexibility index (Phi) is 8.56. The highest BCUT2D eigenvalue weighted by Crippen LogP contribution is 2.39. The molecule has 1 fully saturated rings. The third kappa shape index (κ3) is 7.29. The van der Waals surface area contributed by atoms with E-state index in [2.05, 4.69) is 34.1 Å². The maximum absolute atomic E-state index is 11.3. The molecule has 188 valence electrons. The number of benzene rings is 3. The van der Waals surface area contributed by atoms with Gasteiger partial charge >= 0.3 is 6.09 Å². The van der Waals surface area contributed by atoms with Gasteiger partial charge in [-0.1, -0.05) is 23.5 Å². The number of hydrogen-bond acceptors (Lipinski definition) is 7. The zero-order chi connectivity index (χ0) is 25.5. The first-order valence-corrected chi connectivity index (χ1v) is 13.1. The molecule has 1 amide bonds. The molecule has 3 aromatic rings. The van der Waals surface area contributed by atoms with Crippen LogP contribution < -0.4 is 25.4 Å². The van der Waals surface area contributed by atoms with Crippen LogP contribution in [-0.2, 0) is 0 Å². The minimum absolute atomic E-state index is 0.340. The molecule has 0 unspecified atom stereocenters. The van der Waals surface area contributed by atoms with E-state index in [-0.39, 0.29) is 0 Å². The Hall–Kier alpha value is -3.43. The predicted octanol–water partition coefficient (Wildman–Crippen LogP) is 6.63. The summed E-state index contributed by atoms with van der Waals surface area (Å²) in [7, 11) is 3.30. The normalized spacial score (nSPS) is 13.4. The third-order valence-corrected chi connectivity index (χ3v) is 7.47. The van der Waals surface area contributed by atoms with Crippen molar-refractivity contribution in [1.29, 1.82) is 0 Å². The quantitative estimate of drug-likeness (QED) is 0.223. The number of amides is 1. The maximum Gasteiger partial charge on any atom is 0.409 e. The van der Waals surface area contributed by atoms with E-state index >= 15 is 0 Å². The van der Waals surface area contributed by atoms with Crippen molar-refractivity contribution in [2.24, 2.45) is 0 Å². The first-order chi connectivity index (χ1) is 17.4. The smallest absolute Gasteiger partial charge is 0.409 e. The van der Waals surface area contributed by atoms with Gasteiger partial charge in [-0.2, -0.15) is 0 Å². The molecule has 1 aliphatic carbocycles. The fourth-order valence-electron chi connectivity index (χ4n) is 3.34. The van der Waals surface area contributed by atoms with Crippen molar-refractivity contribution >= 4 is 35.3 Å². The molecule has 1 saturated carbocycles. The van der Waals surface area contributed by atoms with Gasteiger partial charge in [-0.3, -0.25) is 5.32 Å². The molecular weight excluding hydrogens is 494 g/mol. The minimum atomic E-state index is -1.10. The lowest BCUT2D eigenvalue weighted by molar-refractivity contribution is 0.197. The van der Waals surface area contributed by atoms with Gasteiger partial charge in [0.15, 0.2) is 0 Å². The van der Waals surface area contributed by atoms with Gasteiger partial charge in [0.1, 0.15) is 17.3 Å². The molecule has 9 heteroatoms. The highest BCUT2D eigenvalue weighted by molar-refractivity contribution is 8.00. The number of allylic oxidation sites excluding steroid dienone is 1. The van der Waals surface area contributed by atoms with Crippen LogP contribution in [-0.4, -0.2) is 31.5 Å². The number of carbonyl (C=O) groups is 1. The fourth-order valence-corrected chi connectivity index (χ4v) is 5.08. The molecule has 4 N–H and O–H groups in total. The molecule has 0 saturated heterocycles. The van der Waals surface area contributed by atoms with Crippen molar-refractivity contribution in [3.05, 3.63) is 78.2 Å². The van der Waals surface area contributed by atoms with Crippen LogP contribution in [0.15, 0.2) is 97.8 Å². The zero-order valence-electron chi connectivity index (χ0n) is 20.3. The average Bonchev–Trinajstić information content (AvgIpc) is 3.70. The Morgan fingerprint density at radius 1 is 0.861 bits per heavy atom. The summed E-state index contributed by atoms with van der Waals surface area (Å²) in [6.45, 7) is 1.75. The van der Waals surface area contributed by atoms with Crippen LogP contribution in [0.3, 0.4) is 0 Å². The first-order valence-electron chi connectivity index (χ1n) is 11.5. The van der Waals surface area contributed by atoms with Crippen LogP contribution in [0.1, 0.15) is 19.8 Å². The van der Waals surface area contributed by atoms with Gasteiger partial charge in [0.2, 0.25) is 0 Å². The van der Waals surface area contributed by atoms with Crippen LogP contribution in [0, 0.1) is 0 Å². The zero-order valence-corrected chi connectivity index (χ0v) is 22.0. The molecule has 0 atom stereocenters. The summed E-state index contributed by atoms with van der Waals surface area (Å²) in [5.41, 5.74) is 1.40. The molecule has 1 aliphatic rings. The Balaban J connectivity index is 1.65. The second kappa shape index (κ2) is 12.0. The summed E-state index contributed by atoms with van der Waals surface area (Å²) in [6.07, 6.45) is 1.03. The van der Waals surface area contributed by atoms with Gasteiger partial charge in [0.05, 0.1) is 25.6 Å². The standard InChI is InChI=1S/C27H29N3O4S2/c1-17(28-27(31)32)26(29-18-4-5-18)30-24-16-23(35-21-10-6-19(33-2)7-11-21)14-15-25(24)36-22-12-8-20(34-3)9-13-22/h6-16,18,28-30H,4-5H2,1-3H3,(H,31,32). The van der Waals surface area contributed by atoms with Crippen molar-refractivity contribution in [3.63, 3.8) is 0 Å². The van der Waals surface area contributed by atoms with Crippen molar-refractivity contribution in [3.8, 4) is 11.5 Å². The second-order valence-electron chi connectivity index (χ2n) is 8.19. The molecule has 0 aromatic heterocycles. The largest absolute Gasteiger partial charge is 0.497 e. The van der Waals surface area contributed by atoms with E-state index in [9.17, 15) is 9.90 Å². The number of methoxy groups -OCH3 is 2. The molecule has 0 aliphatic heterocycles. The molecule has 0 spiro atoms. The molecule has 36 heavy (non-hydrogen) atoms. The highest BCUT2D eigenvalue weighted by Gasteiger charge is 2.23. The van der Waals surface area contributed by atoms with Crippen LogP contribution >= 0.6 is 23.5 Å². The van der Waals surface area contributed by atoms with Crippen molar-refractivity contribution in [2.45, 2.75) is 45.4 Å². The van der Waals surface area contributed by atoms with E-state index < -0.39 is 6.09 Å². The number of nitrogens with one attached hydrogen (secondary N) is 3. The van der Waals surface area contributed by atoms with Gasteiger partial charge in [0.25, 0.3) is 0 Å². The topological polar surface area (TPSA) is 91.9 Å². The average molecular weight is 524 g/mol. The number of hydrogen-bond donors (Lipinski definition) is 4. The van der Waals surface area contributed by atoms with Gasteiger partial charge in [-0.25, -0.2) is 4.79 Å². The van der Waals surface area contributed by atoms with Crippen LogP contribution in [0.4, 0.5) is 10.5 Å². The van der Waals surface area contributed by atoms with Crippen LogP contribution in [0.2, 0.25) is 0 Å². The lowest BCUT2D eigenvalue weighted by atomic mass is 10.3. The summed E-state index contributed by atoms with van der Waals surface area (Å²) in [4.78, 5) is 15.5. The van der Waals surface area contributed by atoms with E-state index in [1.165, 1.54) is 0 Å². The maximum atomic E-state index is 11.3. The Labute approximate surface area is 219 Å². The van der Waals surface area contributed by atoms with Crippen molar-refractivity contribution in [1.82, 2.24) is 10.6 Å². The summed E-state index contributed by atoms with van der Waals surface area (Å²) in [6, 6.07) is 22.4. The van der Waals surface area contributed by atoms with Crippen molar-refractivity contribution in [2.75, 3.05) is 19.5 Å². The van der Waals surface area contributed by atoms with Gasteiger partial charge in [-0.15, -0.1) is 0 Å². The van der Waals surface area contributed by atoms with E-state index in [1.54, 1.807) is 44.7 Å². The molecule has 7 nitrogen and oxygen atoms in total. The highest BCUT2D eigenvalue weighted by atomic mass is 32.2. The summed E-state index contributed by atoms with van der Waals surface area (Å²) >= 11 is 3.27. The lowest BCUT2D eigenvalue weighted by Crippen LogP contribution is -2.29. The lowest BCUT2D eigenvalue weighted by Gasteiger charge is -2.19. The van der Waals surface area contributed by atoms with E-state index in [1.807, 2.05) is 48.5 Å².